The molecular weight excluding hydrogens is 331 g/mol. The van der Waals surface area contributed by atoms with Crippen LogP contribution in [0.15, 0.2) is 48.5 Å². The zero-order valence-electron chi connectivity index (χ0n) is 14.5. The van der Waals surface area contributed by atoms with E-state index in [1.807, 2.05) is 29.2 Å². The predicted molar refractivity (Wildman–Crippen MR) is 98.6 cm³/mol. The smallest absolute Gasteiger partial charge is 0.231 e. The van der Waals surface area contributed by atoms with Crippen molar-refractivity contribution in [3.63, 3.8) is 0 Å². The Bertz CT molecular complexity index is 847. The number of amides is 2. The Labute approximate surface area is 152 Å². The summed E-state index contributed by atoms with van der Waals surface area (Å²) in [7, 11) is 0. The molecule has 4 nitrogen and oxygen atoms in total. The van der Waals surface area contributed by atoms with E-state index >= 15 is 0 Å². The summed E-state index contributed by atoms with van der Waals surface area (Å²) >= 11 is 0. The maximum absolute atomic E-state index is 13.9. The summed E-state index contributed by atoms with van der Waals surface area (Å²) in [6, 6.07) is 13.9. The average molecular weight is 352 g/mol. The van der Waals surface area contributed by atoms with Gasteiger partial charge in [0.05, 0.1) is 17.8 Å². The molecule has 2 aromatic carbocycles. The second kappa shape index (κ2) is 6.90. The van der Waals surface area contributed by atoms with Gasteiger partial charge in [0.2, 0.25) is 11.8 Å². The fourth-order valence-electron chi connectivity index (χ4n) is 3.49. The molecule has 0 aromatic heterocycles. The normalized spacial score (nSPS) is 16.8. The van der Waals surface area contributed by atoms with Gasteiger partial charge >= 0.3 is 0 Å². The lowest BCUT2D eigenvalue weighted by Crippen LogP contribution is -2.33. The van der Waals surface area contributed by atoms with Crippen molar-refractivity contribution in [2.75, 3.05) is 22.9 Å². The van der Waals surface area contributed by atoms with Crippen LogP contribution in [0.1, 0.15) is 24.8 Å². The van der Waals surface area contributed by atoms with E-state index in [1.165, 1.54) is 6.07 Å². The number of hydrogen-bond donors (Lipinski definition) is 0. The standard InChI is InChI=1S/C21H21FN2O2/c22-17-7-2-1-6-16(17)14-20(25)23-12-5-13-24(21(26)15-10-11-15)19-9-4-3-8-18(19)23/h1-4,6-9,15H,5,10-14H2. The molecule has 4 rings (SSSR count). The first-order valence-corrected chi connectivity index (χ1v) is 9.09. The minimum atomic E-state index is -0.366. The molecule has 2 aliphatic rings. The van der Waals surface area contributed by atoms with Crippen LogP contribution in [0, 0.1) is 11.7 Å². The number of benzene rings is 2. The van der Waals surface area contributed by atoms with E-state index < -0.39 is 0 Å². The van der Waals surface area contributed by atoms with E-state index in [2.05, 4.69) is 0 Å². The summed E-state index contributed by atoms with van der Waals surface area (Å²) in [5, 5.41) is 0. The highest BCUT2D eigenvalue weighted by Gasteiger charge is 2.36. The highest BCUT2D eigenvalue weighted by molar-refractivity contribution is 6.04. The van der Waals surface area contributed by atoms with Crippen molar-refractivity contribution in [3.8, 4) is 0 Å². The molecule has 0 atom stereocenters. The summed E-state index contributed by atoms with van der Waals surface area (Å²) in [6.45, 7) is 1.13. The van der Waals surface area contributed by atoms with Gasteiger partial charge in [0, 0.05) is 19.0 Å². The zero-order valence-corrected chi connectivity index (χ0v) is 14.5. The highest BCUT2D eigenvalue weighted by Crippen LogP contribution is 2.38. The lowest BCUT2D eigenvalue weighted by molar-refractivity contribution is -0.120. The first-order valence-electron chi connectivity index (χ1n) is 9.09. The molecule has 1 aliphatic heterocycles. The first-order chi connectivity index (χ1) is 12.6. The van der Waals surface area contributed by atoms with Gasteiger partial charge in [-0.05, 0) is 43.0 Å². The quantitative estimate of drug-likeness (QED) is 0.848. The number of carbonyl (C=O) groups excluding carboxylic acids is 2. The Morgan fingerprint density at radius 1 is 0.923 bits per heavy atom. The van der Waals surface area contributed by atoms with Crippen LogP contribution in [-0.2, 0) is 16.0 Å². The number of hydrogen-bond acceptors (Lipinski definition) is 2. The maximum atomic E-state index is 13.9. The number of anilines is 2. The number of rotatable bonds is 3. The summed E-state index contributed by atoms with van der Waals surface area (Å²) in [5.74, 6) is -0.234. The molecule has 5 heteroatoms. The summed E-state index contributed by atoms with van der Waals surface area (Å²) in [5.41, 5.74) is 1.91. The van der Waals surface area contributed by atoms with Gasteiger partial charge in [0.15, 0.2) is 0 Å². The molecule has 0 saturated heterocycles. The van der Waals surface area contributed by atoms with Gasteiger partial charge < -0.3 is 9.80 Å². The molecule has 0 N–H and O–H groups in total. The lowest BCUT2D eigenvalue weighted by Gasteiger charge is -2.25. The molecule has 0 unspecified atom stereocenters. The number of fused-ring (bicyclic) bond motifs is 1. The molecule has 1 fully saturated rings. The van der Waals surface area contributed by atoms with Crippen LogP contribution < -0.4 is 9.80 Å². The van der Waals surface area contributed by atoms with E-state index in [-0.39, 0.29) is 30.0 Å². The Hall–Kier alpha value is -2.69. The van der Waals surface area contributed by atoms with Crippen molar-refractivity contribution in [2.45, 2.75) is 25.7 Å². The molecule has 2 aromatic rings. The molecule has 2 amide bonds. The van der Waals surface area contributed by atoms with E-state index in [9.17, 15) is 14.0 Å². The van der Waals surface area contributed by atoms with Gasteiger partial charge in [-0.1, -0.05) is 30.3 Å². The van der Waals surface area contributed by atoms with E-state index in [4.69, 9.17) is 0 Å². The lowest BCUT2D eigenvalue weighted by atomic mass is 10.1. The minimum Gasteiger partial charge on any atom is -0.310 e. The molecule has 0 spiro atoms. The first kappa shape index (κ1) is 16.8. The monoisotopic (exact) mass is 352 g/mol. The van der Waals surface area contributed by atoms with Crippen LogP contribution in [0.4, 0.5) is 15.8 Å². The molecule has 1 aliphatic carbocycles. The van der Waals surface area contributed by atoms with Crippen molar-refractivity contribution >= 4 is 23.2 Å². The molecule has 1 saturated carbocycles. The molecular formula is C21H21FN2O2. The van der Waals surface area contributed by atoms with Gasteiger partial charge in [0.1, 0.15) is 5.82 Å². The third-order valence-corrected chi connectivity index (χ3v) is 5.02. The van der Waals surface area contributed by atoms with Gasteiger partial charge in [0.25, 0.3) is 0 Å². The van der Waals surface area contributed by atoms with Crippen molar-refractivity contribution in [1.82, 2.24) is 0 Å². The maximum Gasteiger partial charge on any atom is 0.231 e. The fourth-order valence-corrected chi connectivity index (χ4v) is 3.49. The van der Waals surface area contributed by atoms with Gasteiger partial charge in [-0.25, -0.2) is 4.39 Å². The SMILES string of the molecule is O=C(Cc1ccccc1F)N1CCCN(C(=O)C2CC2)c2ccccc21. The van der Waals surface area contributed by atoms with Crippen molar-refractivity contribution < 1.29 is 14.0 Å². The van der Waals surface area contributed by atoms with E-state index in [0.29, 0.717) is 25.1 Å². The Morgan fingerprint density at radius 3 is 2.23 bits per heavy atom. The third-order valence-electron chi connectivity index (χ3n) is 5.02. The Balaban J connectivity index is 1.63. The molecule has 0 radical (unpaired) electrons. The van der Waals surface area contributed by atoms with Crippen LogP contribution in [0.2, 0.25) is 0 Å². The van der Waals surface area contributed by atoms with Crippen LogP contribution in [0.3, 0.4) is 0 Å². The molecule has 1 heterocycles. The van der Waals surface area contributed by atoms with Crippen LogP contribution in [-0.4, -0.2) is 24.9 Å². The Kier molecular flexibility index (Phi) is 4.45. The minimum absolute atomic E-state index is 0.0115. The van der Waals surface area contributed by atoms with Crippen LogP contribution >= 0.6 is 0 Å². The number of carbonyl (C=O) groups is 2. The van der Waals surface area contributed by atoms with Gasteiger partial charge in [-0.3, -0.25) is 9.59 Å². The second-order valence-electron chi connectivity index (χ2n) is 6.92. The average Bonchev–Trinajstić information content (AvgIpc) is 3.49. The topological polar surface area (TPSA) is 40.6 Å². The molecule has 0 bridgehead atoms. The largest absolute Gasteiger partial charge is 0.310 e. The predicted octanol–water partition coefficient (Wildman–Crippen LogP) is 3.55. The van der Waals surface area contributed by atoms with E-state index in [0.717, 1.165) is 24.2 Å². The summed E-state index contributed by atoms with van der Waals surface area (Å²) in [6.07, 6.45) is 2.62. The zero-order chi connectivity index (χ0) is 18.1. The Morgan fingerprint density at radius 2 is 1.54 bits per heavy atom. The van der Waals surface area contributed by atoms with Crippen molar-refractivity contribution in [1.29, 1.82) is 0 Å². The molecule has 26 heavy (non-hydrogen) atoms. The number of halogens is 1. The van der Waals surface area contributed by atoms with Gasteiger partial charge in [-0.15, -0.1) is 0 Å². The van der Waals surface area contributed by atoms with Crippen molar-refractivity contribution in [2.24, 2.45) is 5.92 Å². The van der Waals surface area contributed by atoms with Crippen LogP contribution in [0.5, 0.6) is 0 Å². The molecule has 134 valence electrons. The van der Waals surface area contributed by atoms with Crippen LogP contribution in [0.25, 0.3) is 0 Å². The summed E-state index contributed by atoms with van der Waals surface area (Å²) in [4.78, 5) is 29.1. The van der Waals surface area contributed by atoms with E-state index in [1.54, 1.807) is 23.1 Å². The van der Waals surface area contributed by atoms with Gasteiger partial charge in [-0.2, -0.15) is 0 Å². The highest BCUT2D eigenvalue weighted by atomic mass is 19.1. The summed E-state index contributed by atoms with van der Waals surface area (Å²) < 4.78 is 13.9. The number of para-hydroxylation sites is 2. The number of nitrogens with zero attached hydrogens (tertiary/aromatic N) is 2. The van der Waals surface area contributed by atoms with Crippen molar-refractivity contribution in [3.05, 3.63) is 59.9 Å². The second-order valence-corrected chi connectivity index (χ2v) is 6.92. The fraction of sp³-hybridized carbons (Fsp3) is 0.333. The third kappa shape index (κ3) is 3.21.